The number of hydrogen-bond donors (Lipinski definition) is 1. The van der Waals surface area contributed by atoms with E-state index in [1.54, 1.807) is 0 Å². The molecule has 3 heteroatoms. The summed E-state index contributed by atoms with van der Waals surface area (Å²) < 4.78 is 5.37. The highest BCUT2D eigenvalue weighted by molar-refractivity contribution is 5.82. The van der Waals surface area contributed by atoms with Crippen LogP contribution in [0, 0.1) is 5.41 Å². The zero-order valence-corrected chi connectivity index (χ0v) is 7.77. The van der Waals surface area contributed by atoms with Crippen molar-refractivity contribution in [2.75, 3.05) is 13.2 Å². The molecular weight excluding hydrogens is 166 g/mol. The minimum Gasteiger partial charge on any atom is -0.381 e. The molecule has 0 unspecified atom stereocenters. The Morgan fingerprint density at radius 1 is 1.15 bits per heavy atom. The van der Waals surface area contributed by atoms with Crippen LogP contribution in [0.25, 0.3) is 0 Å². The molecule has 0 aromatic heterocycles. The molecule has 2 heterocycles. The minimum absolute atomic E-state index is 0.202. The molecule has 0 aromatic rings. The van der Waals surface area contributed by atoms with Gasteiger partial charge >= 0.3 is 0 Å². The Morgan fingerprint density at radius 2 is 1.85 bits per heavy atom. The normalized spacial score (nSPS) is 33.7. The molecule has 0 aromatic carbocycles. The SMILES string of the molecule is O=C1CC2(CCOCC2)C2(CC2)N1. The van der Waals surface area contributed by atoms with E-state index in [0.717, 1.165) is 32.5 Å². The second-order valence-corrected chi connectivity index (χ2v) is 4.70. The lowest BCUT2D eigenvalue weighted by molar-refractivity contribution is -0.120. The summed E-state index contributed by atoms with van der Waals surface area (Å²) in [5, 5.41) is 3.17. The molecule has 2 spiro atoms. The van der Waals surface area contributed by atoms with Crippen LogP contribution in [0.4, 0.5) is 0 Å². The van der Waals surface area contributed by atoms with Crippen LogP contribution in [0.15, 0.2) is 0 Å². The zero-order valence-electron chi connectivity index (χ0n) is 7.77. The van der Waals surface area contributed by atoms with E-state index < -0.39 is 0 Å². The number of fused-ring (bicyclic) bond motifs is 1. The summed E-state index contributed by atoms with van der Waals surface area (Å²) in [6.07, 6.45) is 5.28. The highest BCUT2D eigenvalue weighted by atomic mass is 16.5. The Morgan fingerprint density at radius 3 is 2.46 bits per heavy atom. The van der Waals surface area contributed by atoms with Gasteiger partial charge in [-0.1, -0.05) is 0 Å². The van der Waals surface area contributed by atoms with Crippen molar-refractivity contribution in [3.8, 4) is 0 Å². The second kappa shape index (κ2) is 2.27. The first-order chi connectivity index (χ1) is 6.27. The van der Waals surface area contributed by atoms with Gasteiger partial charge < -0.3 is 10.1 Å². The van der Waals surface area contributed by atoms with E-state index in [-0.39, 0.29) is 16.9 Å². The Hall–Kier alpha value is -0.570. The molecule has 0 radical (unpaired) electrons. The van der Waals surface area contributed by atoms with Gasteiger partial charge in [-0.05, 0) is 25.7 Å². The number of amides is 1. The number of rotatable bonds is 0. The van der Waals surface area contributed by atoms with Crippen LogP contribution in [0.5, 0.6) is 0 Å². The monoisotopic (exact) mass is 181 g/mol. The van der Waals surface area contributed by atoms with Gasteiger partial charge in [-0.25, -0.2) is 0 Å². The molecule has 2 saturated heterocycles. The molecule has 1 amide bonds. The fourth-order valence-electron chi connectivity index (χ4n) is 3.12. The van der Waals surface area contributed by atoms with E-state index in [1.807, 2.05) is 0 Å². The molecule has 2 aliphatic heterocycles. The third-order valence-electron chi connectivity index (χ3n) is 4.09. The summed E-state index contributed by atoms with van der Waals surface area (Å²) in [6.45, 7) is 1.69. The van der Waals surface area contributed by atoms with Crippen LogP contribution in [-0.2, 0) is 9.53 Å². The number of hydrogen-bond acceptors (Lipinski definition) is 2. The van der Waals surface area contributed by atoms with E-state index in [4.69, 9.17) is 4.74 Å². The van der Waals surface area contributed by atoms with Crippen molar-refractivity contribution in [3.05, 3.63) is 0 Å². The molecule has 1 saturated carbocycles. The maximum Gasteiger partial charge on any atom is 0.221 e. The van der Waals surface area contributed by atoms with E-state index >= 15 is 0 Å². The number of carbonyl (C=O) groups is 1. The smallest absolute Gasteiger partial charge is 0.221 e. The third kappa shape index (κ3) is 0.909. The first-order valence-electron chi connectivity index (χ1n) is 5.15. The summed E-state index contributed by atoms with van der Waals surface area (Å²) >= 11 is 0. The lowest BCUT2D eigenvalue weighted by Gasteiger charge is -2.37. The summed E-state index contributed by atoms with van der Waals surface area (Å²) in [5.74, 6) is 0.263. The van der Waals surface area contributed by atoms with Gasteiger partial charge in [0.15, 0.2) is 0 Å². The number of ether oxygens (including phenoxy) is 1. The predicted octanol–water partition coefficient (Wildman–Crippen LogP) is 0.836. The largest absolute Gasteiger partial charge is 0.381 e. The molecule has 3 nitrogen and oxygen atoms in total. The van der Waals surface area contributed by atoms with Gasteiger partial charge in [0.05, 0.1) is 0 Å². The van der Waals surface area contributed by atoms with Gasteiger partial charge in [0, 0.05) is 30.6 Å². The molecule has 3 aliphatic rings. The fourth-order valence-corrected chi connectivity index (χ4v) is 3.12. The third-order valence-corrected chi connectivity index (χ3v) is 4.09. The fraction of sp³-hybridized carbons (Fsp3) is 0.900. The van der Waals surface area contributed by atoms with Gasteiger partial charge in [-0.2, -0.15) is 0 Å². The van der Waals surface area contributed by atoms with Crippen LogP contribution in [0.1, 0.15) is 32.1 Å². The van der Waals surface area contributed by atoms with Crippen molar-refractivity contribution in [1.29, 1.82) is 0 Å². The van der Waals surface area contributed by atoms with E-state index in [2.05, 4.69) is 5.32 Å². The highest BCUT2D eigenvalue weighted by Crippen LogP contribution is 2.59. The lowest BCUT2D eigenvalue weighted by Crippen LogP contribution is -2.43. The molecule has 72 valence electrons. The first kappa shape index (κ1) is 7.80. The van der Waals surface area contributed by atoms with Crippen molar-refractivity contribution >= 4 is 5.91 Å². The Bertz CT molecular complexity index is 252. The number of nitrogens with one attached hydrogen (secondary N) is 1. The second-order valence-electron chi connectivity index (χ2n) is 4.70. The molecule has 13 heavy (non-hydrogen) atoms. The maximum atomic E-state index is 11.4. The van der Waals surface area contributed by atoms with Crippen molar-refractivity contribution < 1.29 is 9.53 Å². The topological polar surface area (TPSA) is 38.3 Å². The van der Waals surface area contributed by atoms with Gasteiger partial charge in [-0.15, -0.1) is 0 Å². The summed E-state index contributed by atoms with van der Waals surface area (Å²) in [4.78, 5) is 11.4. The molecule has 1 N–H and O–H groups in total. The van der Waals surface area contributed by atoms with E-state index in [1.165, 1.54) is 12.8 Å². The Labute approximate surface area is 77.8 Å². The molecule has 1 aliphatic carbocycles. The van der Waals surface area contributed by atoms with Crippen molar-refractivity contribution in [2.45, 2.75) is 37.6 Å². The van der Waals surface area contributed by atoms with Crippen molar-refractivity contribution in [1.82, 2.24) is 5.32 Å². The Kier molecular flexibility index (Phi) is 1.36. The van der Waals surface area contributed by atoms with Crippen LogP contribution in [-0.4, -0.2) is 24.7 Å². The molecular formula is C10H15NO2. The molecule has 0 bridgehead atoms. The van der Waals surface area contributed by atoms with Gasteiger partial charge in [0.2, 0.25) is 5.91 Å². The average molecular weight is 181 g/mol. The number of carbonyl (C=O) groups excluding carboxylic acids is 1. The summed E-state index contributed by atoms with van der Waals surface area (Å²) in [5.41, 5.74) is 0.468. The van der Waals surface area contributed by atoms with Crippen LogP contribution < -0.4 is 5.32 Å². The van der Waals surface area contributed by atoms with E-state index in [0.29, 0.717) is 0 Å². The molecule has 3 fully saturated rings. The average Bonchev–Trinajstić information content (AvgIpc) is 2.82. The zero-order chi connectivity index (χ0) is 8.94. The van der Waals surface area contributed by atoms with Gasteiger partial charge in [0.1, 0.15) is 0 Å². The summed E-state index contributed by atoms with van der Waals surface area (Å²) in [7, 11) is 0. The first-order valence-corrected chi connectivity index (χ1v) is 5.15. The quantitative estimate of drug-likeness (QED) is 0.601. The lowest BCUT2D eigenvalue weighted by atomic mass is 9.72. The molecule has 0 atom stereocenters. The van der Waals surface area contributed by atoms with Gasteiger partial charge in [0.25, 0.3) is 0 Å². The van der Waals surface area contributed by atoms with Gasteiger partial charge in [-0.3, -0.25) is 4.79 Å². The van der Waals surface area contributed by atoms with E-state index in [9.17, 15) is 4.79 Å². The van der Waals surface area contributed by atoms with Crippen molar-refractivity contribution in [3.63, 3.8) is 0 Å². The van der Waals surface area contributed by atoms with Crippen molar-refractivity contribution in [2.24, 2.45) is 5.41 Å². The summed E-state index contributed by atoms with van der Waals surface area (Å²) in [6, 6.07) is 0. The standard InChI is InChI=1S/C10H15NO2/c12-8-7-9(3-5-13-6-4-9)10(11-8)1-2-10/h1-7H2,(H,11,12). The van der Waals surface area contributed by atoms with Crippen LogP contribution in [0.3, 0.4) is 0 Å². The predicted molar refractivity (Wildman–Crippen MR) is 47.2 cm³/mol. The van der Waals surface area contributed by atoms with Crippen LogP contribution in [0.2, 0.25) is 0 Å². The maximum absolute atomic E-state index is 11.4. The highest BCUT2D eigenvalue weighted by Gasteiger charge is 2.64. The molecule has 3 rings (SSSR count). The Balaban J connectivity index is 1.91. The minimum atomic E-state index is 0.202. The van der Waals surface area contributed by atoms with Crippen LogP contribution >= 0.6 is 0 Å².